The van der Waals surface area contributed by atoms with Gasteiger partial charge in [0.05, 0.1) is 4.88 Å². The Morgan fingerprint density at radius 2 is 1.79 bits per heavy atom. The summed E-state index contributed by atoms with van der Waals surface area (Å²) >= 11 is 1.55. The fraction of sp³-hybridized carbons (Fsp3) is 0.125. The van der Waals surface area contributed by atoms with E-state index in [1.165, 1.54) is 12.1 Å². The van der Waals surface area contributed by atoms with Gasteiger partial charge in [-0.3, -0.25) is 0 Å². The van der Waals surface area contributed by atoms with Gasteiger partial charge in [-0.05, 0) is 29.1 Å². The lowest BCUT2D eigenvalue weighted by Gasteiger charge is -2.11. The molecule has 2 aromatic heterocycles. The number of thiophene rings is 1. The third-order valence-electron chi connectivity index (χ3n) is 3.07. The molecular weight excluding hydrogens is 339 g/mol. The SMILES string of the molecule is FC(F)(F)Oc1ccc(CNc2nccnc2-c2cccs2)cc1. The molecule has 8 heteroatoms. The van der Waals surface area contributed by atoms with Gasteiger partial charge in [-0.25, -0.2) is 9.97 Å². The van der Waals surface area contributed by atoms with Crippen molar-refractivity contribution in [2.24, 2.45) is 0 Å². The maximum Gasteiger partial charge on any atom is 0.573 e. The molecular formula is C16H12F3N3OS. The van der Waals surface area contributed by atoms with Crippen LogP contribution in [0.4, 0.5) is 19.0 Å². The number of nitrogens with zero attached hydrogens (tertiary/aromatic N) is 2. The van der Waals surface area contributed by atoms with Gasteiger partial charge in [-0.2, -0.15) is 0 Å². The summed E-state index contributed by atoms with van der Waals surface area (Å²) in [5.74, 6) is 0.376. The molecule has 124 valence electrons. The summed E-state index contributed by atoms with van der Waals surface area (Å²) in [4.78, 5) is 9.59. The fourth-order valence-electron chi connectivity index (χ4n) is 2.06. The van der Waals surface area contributed by atoms with E-state index in [1.54, 1.807) is 35.9 Å². The lowest BCUT2D eigenvalue weighted by atomic mass is 10.2. The van der Waals surface area contributed by atoms with Crippen LogP contribution in [0, 0.1) is 0 Å². The lowest BCUT2D eigenvalue weighted by molar-refractivity contribution is -0.274. The first kappa shape index (κ1) is 16.3. The van der Waals surface area contributed by atoms with Crippen molar-refractivity contribution >= 4 is 17.2 Å². The summed E-state index contributed by atoms with van der Waals surface area (Å²) in [5, 5.41) is 5.11. The van der Waals surface area contributed by atoms with E-state index in [1.807, 2.05) is 17.5 Å². The maximum absolute atomic E-state index is 12.1. The highest BCUT2D eigenvalue weighted by atomic mass is 32.1. The standard InChI is InChI=1S/C16H12F3N3OS/c17-16(18,19)23-12-5-3-11(4-6-12)10-22-15-14(20-7-8-21-15)13-2-1-9-24-13/h1-9H,10H2,(H,21,22). The van der Waals surface area contributed by atoms with Gasteiger partial charge in [-0.1, -0.05) is 18.2 Å². The number of hydrogen-bond donors (Lipinski definition) is 1. The number of anilines is 1. The highest BCUT2D eigenvalue weighted by Crippen LogP contribution is 2.28. The summed E-state index contributed by atoms with van der Waals surface area (Å²) in [7, 11) is 0. The van der Waals surface area contributed by atoms with Crippen LogP contribution >= 0.6 is 11.3 Å². The molecule has 2 heterocycles. The molecule has 0 aliphatic rings. The predicted molar refractivity (Wildman–Crippen MR) is 85.8 cm³/mol. The molecule has 3 rings (SSSR count). The number of hydrogen-bond acceptors (Lipinski definition) is 5. The smallest absolute Gasteiger partial charge is 0.406 e. The van der Waals surface area contributed by atoms with E-state index in [9.17, 15) is 13.2 Å². The van der Waals surface area contributed by atoms with Crippen molar-refractivity contribution in [3.05, 3.63) is 59.7 Å². The second-order valence-corrected chi connectivity index (χ2v) is 5.72. The van der Waals surface area contributed by atoms with Crippen LogP contribution in [0.3, 0.4) is 0 Å². The molecule has 0 spiro atoms. The third-order valence-corrected chi connectivity index (χ3v) is 3.95. The molecule has 0 saturated carbocycles. The van der Waals surface area contributed by atoms with Gasteiger partial charge >= 0.3 is 6.36 Å². The predicted octanol–water partition coefficient (Wildman–Crippen LogP) is 4.72. The van der Waals surface area contributed by atoms with Crippen LogP contribution in [0.2, 0.25) is 0 Å². The van der Waals surface area contributed by atoms with Gasteiger partial charge in [0.15, 0.2) is 5.82 Å². The van der Waals surface area contributed by atoms with Gasteiger partial charge < -0.3 is 10.1 Å². The van der Waals surface area contributed by atoms with Crippen molar-refractivity contribution < 1.29 is 17.9 Å². The van der Waals surface area contributed by atoms with Crippen LogP contribution in [0.15, 0.2) is 54.2 Å². The Morgan fingerprint density at radius 1 is 1.04 bits per heavy atom. The van der Waals surface area contributed by atoms with Crippen LogP contribution in [0.1, 0.15) is 5.56 Å². The van der Waals surface area contributed by atoms with Gasteiger partial charge in [0.2, 0.25) is 0 Å². The van der Waals surface area contributed by atoms with Crippen molar-refractivity contribution in [3.63, 3.8) is 0 Å². The Balaban J connectivity index is 1.68. The van der Waals surface area contributed by atoms with Crippen molar-refractivity contribution in [2.75, 3.05) is 5.32 Å². The fourth-order valence-corrected chi connectivity index (χ4v) is 2.78. The minimum Gasteiger partial charge on any atom is -0.406 e. The van der Waals surface area contributed by atoms with Crippen molar-refractivity contribution in [1.29, 1.82) is 0 Å². The topological polar surface area (TPSA) is 47.0 Å². The molecule has 0 fully saturated rings. The Kier molecular flexibility index (Phi) is 4.66. The summed E-state index contributed by atoms with van der Waals surface area (Å²) in [5.41, 5.74) is 1.54. The second-order valence-electron chi connectivity index (χ2n) is 4.78. The average Bonchev–Trinajstić information content (AvgIpc) is 3.07. The second kappa shape index (κ2) is 6.88. The Hall–Kier alpha value is -2.61. The molecule has 0 atom stereocenters. The number of rotatable bonds is 5. The summed E-state index contributed by atoms with van der Waals surface area (Å²) < 4.78 is 40.3. The average molecular weight is 351 g/mol. The minimum atomic E-state index is -4.69. The molecule has 0 saturated heterocycles. The Morgan fingerprint density at radius 3 is 2.46 bits per heavy atom. The summed E-state index contributed by atoms with van der Waals surface area (Å²) in [6.45, 7) is 0.406. The Bertz CT molecular complexity index is 789. The van der Waals surface area contributed by atoms with Crippen LogP contribution in [0.25, 0.3) is 10.6 Å². The molecule has 0 bridgehead atoms. The largest absolute Gasteiger partial charge is 0.573 e. The normalized spacial score (nSPS) is 11.3. The molecule has 0 radical (unpaired) electrons. The molecule has 4 nitrogen and oxygen atoms in total. The van der Waals surface area contributed by atoms with Crippen LogP contribution < -0.4 is 10.1 Å². The zero-order chi connectivity index (χ0) is 17.0. The number of benzene rings is 1. The van der Waals surface area contributed by atoms with Gasteiger partial charge in [0, 0.05) is 18.9 Å². The molecule has 0 unspecified atom stereocenters. The van der Waals surface area contributed by atoms with E-state index in [2.05, 4.69) is 20.0 Å². The maximum atomic E-state index is 12.1. The number of aromatic nitrogens is 2. The van der Waals surface area contributed by atoms with E-state index in [-0.39, 0.29) is 5.75 Å². The van der Waals surface area contributed by atoms with Gasteiger partial charge in [-0.15, -0.1) is 24.5 Å². The molecule has 0 aliphatic carbocycles. The molecule has 3 aromatic rings. The van der Waals surface area contributed by atoms with E-state index in [0.29, 0.717) is 12.4 Å². The molecule has 0 aliphatic heterocycles. The Labute approximate surface area is 140 Å². The first-order valence-electron chi connectivity index (χ1n) is 6.95. The molecule has 24 heavy (non-hydrogen) atoms. The van der Waals surface area contributed by atoms with Gasteiger partial charge in [0.25, 0.3) is 0 Å². The highest BCUT2D eigenvalue weighted by Gasteiger charge is 2.30. The third kappa shape index (κ3) is 4.23. The summed E-state index contributed by atoms with van der Waals surface area (Å²) in [6, 6.07) is 9.56. The first-order chi connectivity index (χ1) is 11.5. The van der Waals surface area contributed by atoms with E-state index >= 15 is 0 Å². The van der Waals surface area contributed by atoms with E-state index in [0.717, 1.165) is 16.1 Å². The monoisotopic (exact) mass is 351 g/mol. The zero-order valence-corrected chi connectivity index (χ0v) is 13.1. The van der Waals surface area contributed by atoms with E-state index < -0.39 is 6.36 Å². The quantitative estimate of drug-likeness (QED) is 0.723. The zero-order valence-electron chi connectivity index (χ0n) is 12.2. The number of ether oxygens (including phenoxy) is 1. The summed E-state index contributed by atoms with van der Waals surface area (Å²) in [6.07, 6.45) is -1.49. The van der Waals surface area contributed by atoms with Crippen molar-refractivity contribution in [1.82, 2.24) is 9.97 Å². The van der Waals surface area contributed by atoms with Crippen molar-refractivity contribution in [2.45, 2.75) is 12.9 Å². The van der Waals surface area contributed by atoms with Crippen LogP contribution in [-0.4, -0.2) is 16.3 Å². The molecule has 1 aromatic carbocycles. The highest BCUT2D eigenvalue weighted by molar-refractivity contribution is 7.13. The number of alkyl halides is 3. The number of halogens is 3. The minimum absolute atomic E-state index is 0.245. The van der Waals surface area contributed by atoms with Crippen LogP contribution in [-0.2, 0) is 6.54 Å². The van der Waals surface area contributed by atoms with E-state index in [4.69, 9.17) is 0 Å². The first-order valence-corrected chi connectivity index (χ1v) is 7.83. The van der Waals surface area contributed by atoms with Gasteiger partial charge in [0.1, 0.15) is 11.4 Å². The van der Waals surface area contributed by atoms with Crippen molar-refractivity contribution in [3.8, 4) is 16.3 Å². The lowest BCUT2D eigenvalue weighted by Crippen LogP contribution is -2.17. The molecule has 1 N–H and O–H groups in total. The number of nitrogens with one attached hydrogen (secondary N) is 1. The van der Waals surface area contributed by atoms with Crippen LogP contribution in [0.5, 0.6) is 5.75 Å². The molecule has 0 amide bonds.